The van der Waals surface area contributed by atoms with Crippen molar-refractivity contribution in [1.29, 1.82) is 0 Å². The summed E-state index contributed by atoms with van der Waals surface area (Å²) in [4.78, 5) is 16.5. The number of carbonyl (C=O) groups excluding carboxylic acids is 1. The second-order valence-electron chi connectivity index (χ2n) is 6.77. The van der Waals surface area contributed by atoms with Gasteiger partial charge in [-0.1, -0.05) is 18.2 Å². The van der Waals surface area contributed by atoms with Gasteiger partial charge in [0.25, 0.3) is 0 Å². The fourth-order valence-corrected chi connectivity index (χ4v) is 3.99. The maximum atomic E-state index is 13.5. The maximum absolute atomic E-state index is 13.5. The molecular formula is C21H26FN3O2S. The number of phenols is 1. The van der Waals surface area contributed by atoms with Crippen LogP contribution in [-0.2, 0) is 10.5 Å². The molecule has 0 radical (unpaired) electrons. The first-order valence-corrected chi connectivity index (χ1v) is 10.6. The SMILES string of the molecule is O=C(CN1CCN(c2ccc(O)cc2)CC1)NCCSCc1ccccc1F. The highest BCUT2D eigenvalue weighted by molar-refractivity contribution is 7.98. The normalized spacial score (nSPS) is 14.8. The third-order valence-corrected chi connectivity index (χ3v) is 5.75. The molecule has 7 heteroatoms. The minimum Gasteiger partial charge on any atom is -0.508 e. The molecule has 0 saturated carbocycles. The molecule has 1 aliphatic rings. The molecule has 5 nitrogen and oxygen atoms in total. The van der Waals surface area contributed by atoms with Crippen molar-refractivity contribution in [1.82, 2.24) is 10.2 Å². The second-order valence-corrected chi connectivity index (χ2v) is 7.88. The van der Waals surface area contributed by atoms with Gasteiger partial charge in [0, 0.05) is 49.9 Å². The van der Waals surface area contributed by atoms with Gasteiger partial charge in [0.1, 0.15) is 11.6 Å². The topological polar surface area (TPSA) is 55.8 Å². The number of phenolic OH excluding ortho intramolecular Hbond substituents is 1. The first kappa shape index (κ1) is 20.5. The van der Waals surface area contributed by atoms with Crippen LogP contribution in [0.15, 0.2) is 48.5 Å². The molecular weight excluding hydrogens is 377 g/mol. The summed E-state index contributed by atoms with van der Waals surface area (Å²) in [6.45, 7) is 4.37. The van der Waals surface area contributed by atoms with Crippen LogP contribution in [0.2, 0.25) is 0 Å². The highest BCUT2D eigenvalue weighted by atomic mass is 32.2. The molecule has 28 heavy (non-hydrogen) atoms. The molecule has 2 aromatic carbocycles. The van der Waals surface area contributed by atoms with Crippen LogP contribution in [0.5, 0.6) is 5.75 Å². The molecule has 3 rings (SSSR count). The van der Waals surface area contributed by atoms with Crippen molar-refractivity contribution in [2.45, 2.75) is 5.75 Å². The van der Waals surface area contributed by atoms with Crippen molar-refractivity contribution in [3.63, 3.8) is 0 Å². The number of nitrogens with zero attached hydrogens (tertiary/aromatic N) is 2. The zero-order valence-corrected chi connectivity index (χ0v) is 16.6. The Kier molecular flexibility index (Phi) is 7.56. The number of piperazine rings is 1. The lowest BCUT2D eigenvalue weighted by molar-refractivity contribution is -0.122. The van der Waals surface area contributed by atoms with Gasteiger partial charge >= 0.3 is 0 Å². The van der Waals surface area contributed by atoms with E-state index in [4.69, 9.17) is 0 Å². The Morgan fingerprint density at radius 2 is 1.79 bits per heavy atom. The molecule has 0 aromatic heterocycles. The minimum absolute atomic E-state index is 0.0320. The highest BCUT2D eigenvalue weighted by Gasteiger charge is 2.19. The zero-order chi connectivity index (χ0) is 19.8. The Labute approximate surface area is 169 Å². The van der Waals surface area contributed by atoms with Gasteiger partial charge in [-0.3, -0.25) is 9.69 Å². The average Bonchev–Trinajstić information content (AvgIpc) is 2.70. The molecule has 150 valence electrons. The van der Waals surface area contributed by atoms with Crippen LogP contribution in [0.3, 0.4) is 0 Å². The summed E-state index contributed by atoms with van der Waals surface area (Å²) in [5.41, 5.74) is 1.79. The van der Waals surface area contributed by atoms with Crippen molar-refractivity contribution in [2.24, 2.45) is 0 Å². The van der Waals surface area contributed by atoms with E-state index in [1.165, 1.54) is 6.07 Å². The van der Waals surface area contributed by atoms with Gasteiger partial charge < -0.3 is 15.3 Å². The second kappa shape index (κ2) is 10.3. The van der Waals surface area contributed by atoms with Crippen LogP contribution < -0.4 is 10.2 Å². The van der Waals surface area contributed by atoms with Gasteiger partial charge in [-0.25, -0.2) is 4.39 Å². The Balaban J connectivity index is 1.29. The standard InChI is InChI=1S/C21H26FN3O2S/c22-20-4-2-1-3-17(20)16-28-14-9-23-21(27)15-24-10-12-25(13-11-24)18-5-7-19(26)8-6-18/h1-8,26H,9-16H2,(H,23,27). The number of thioether (sulfide) groups is 1. The summed E-state index contributed by atoms with van der Waals surface area (Å²) in [6.07, 6.45) is 0. The molecule has 0 atom stereocenters. The summed E-state index contributed by atoms with van der Waals surface area (Å²) in [6, 6.07) is 14.0. The summed E-state index contributed by atoms with van der Waals surface area (Å²) in [5, 5.41) is 12.3. The van der Waals surface area contributed by atoms with E-state index in [2.05, 4.69) is 15.1 Å². The average molecular weight is 404 g/mol. The lowest BCUT2D eigenvalue weighted by Gasteiger charge is -2.35. The van der Waals surface area contributed by atoms with Crippen LogP contribution in [0.25, 0.3) is 0 Å². The molecule has 0 spiro atoms. The number of nitrogens with one attached hydrogen (secondary N) is 1. The van der Waals surface area contributed by atoms with Gasteiger partial charge in [0.05, 0.1) is 6.54 Å². The molecule has 1 saturated heterocycles. The first-order valence-electron chi connectivity index (χ1n) is 9.46. The van der Waals surface area contributed by atoms with Crippen molar-refractivity contribution in [3.05, 3.63) is 59.9 Å². The van der Waals surface area contributed by atoms with Crippen molar-refractivity contribution in [2.75, 3.05) is 49.9 Å². The molecule has 1 heterocycles. The predicted octanol–water partition coefficient (Wildman–Crippen LogP) is 2.70. The number of anilines is 1. The Hall–Kier alpha value is -2.25. The largest absolute Gasteiger partial charge is 0.508 e. The maximum Gasteiger partial charge on any atom is 0.234 e. The fourth-order valence-electron chi connectivity index (χ4n) is 3.15. The number of hydrogen-bond acceptors (Lipinski definition) is 5. The Bertz CT molecular complexity index is 765. The van der Waals surface area contributed by atoms with Gasteiger partial charge in [0.2, 0.25) is 5.91 Å². The van der Waals surface area contributed by atoms with E-state index in [1.54, 1.807) is 36.0 Å². The van der Waals surface area contributed by atoms with E-state index in [0.717, 1.165) is 37.6 Å². The quantitative estimate of drug-likeness (QED) is 0.664. The Morgan fingerprint density at radius 1 is 1.07 bits per heavy atom. The zero-order valence-electron chi connectivity index (χ0n) is 15.8. The van der Waals surface area contributed by atoms with Crippen LogP contribution in [0, 0.1) is 5.82 Å². The molecule has 2 N–H and O–H groups in total. The third-order valence-electron chi connectivity index (χ3n) is 4.74. The van der Waals surface area contributed by atoms with Crippen LogP contribution in [0.1, 0.15) is 5.56 Å². The molecule has 0 aliphatic carbocycles. The molecule has 0 unspecified atom stereocenters. The van der Waals surface area contributed by atoms with E-state index in [-0.39, 0.29) is 17.5 Å². The van der Waals surface area contributed by atoms with E-state index in [0.29, 0.717) is 24.4 Å². The predicted molar refractivity (Wildman–Crippen MR) is 112 cm³/mol. The van der Waals surface area contributed by atoms with E-state index < -0.39 is 0 Å². The smallest absolute Gasteiger partial charge is 0.234 e. The first-order chi connectivity index (χ1) is 13.6. The number of amides is 1. The molecule has 1 aliphatic heterocycles. The molecule has 1 amide bonds. The Morgan fingerprint density at radius 3 is 2.50 bits per heavy atom. The van der Waals surface area contributed by atoms with Gasteiger partial charge in [-0.2, -0.15) is 11.8 Å². The third kappa shape index (κ3) is 6.14. The van der Waals surface area contributed by atoms with Crippen LogP contribution in [0.4, 0.5) is 10.1 Å². The van der Waals surface area contributed by atoms with E-state index >= 15 is 0 Å². The van der Waals surface area contributed by atoms with E-state index in [1.807, 2.05) is 18.2 Å². The van der Waals surface area contributed by atoms with Crippen LogP contribution in [-0.4, -0.2) is 60.9 Å². The van der Waals surface area contributed by atoms with Gasteiger partial charge in [0.15, 0.2) is 0 Å². The number of hydrogen-bond donors (Lipinski definition) is 2. The monoisotopic (exact) mass is 403 g/mol. The van der Waals surface area contributed by atoms with Crippen molar-refractivity contribution < 1.29 is 14.3 Å². The van der Waals surface area contributed by atoms with Gasteiger partial charge in [-0.15, -0.1) is 0 Å². The number of benzene rings is 2. The molecule has 1 fully saturated rings. The van der Waals surface area contributed by atoms with Crippen LogP contribution >= 0.6 is 11.8 Å². The van der Waals surface area contributed by atoms with E-state index in [9.17, 15) is 14.3 Å². The minimum atomic E-state index is -0.175. The molecule has 0 bridgehead atoms. The summed E-state index contributed by atoms with van der Waals surface area (Å²) in [5.74, 6) is 1.50. The number of halogens is 1. The highest BCUT2D eigenvalue weighted by Crippen LogP contribution is 2.19. The summed E-state index contributed by atoms with van der Waals surface area (Å²) < 4.78 is 13.5. The fraction of sp³-hybridized carbons (Fsp3) is 0.381. The number of rotatable bonds is 8. The number of carbonyl (C=O) groups is 1. The van der Waals surface area contributed by atoms with Gasteiger partial charge in [-0.05, 0) is 35.9 Å². The van der Waals surface area contributed by atoms with Crippen molar-refractivity contribution in [3.8, 4) is 5.75 Å². The van der Waals surface area contributed by atoms with Crippen molar-refractivity contribution >= 4 is 23.4 Å². The summed E-state index contributed by atoms with van der Waals surface area (Å²) >= 11 is 1.61. The molecule has 2 aromatic rings. The lowest BCUT2D eigenvalue weighted by Crippen LogP contribution is -2.49. The lowest BCUT2D eigenvalue weighted by atomic mass is 10.2. The summed E-state index contributed by atoms with van der Waals surface area (Å²) in [7, 11) is 0. The number of aromatic hydroxyl groups is 1.